The highest BCUT2D eigenvalue weighted by Crippen LogP contribution is 2.31. The number of rotatable bonds is 3. The lowest BCUT2D eigenvalue weighted by atomic mass is 9.92. The van der Waals surface area contributed by atoms with E-state index in [1.165, 1.54) is 0 Å². The van der Waals surface area contributed by atoms with Crippen LogP contribution in [0.4, 0.5) is 0 Å². The summed E-state index contributed by atoms with van der Waals surface area (Å²) in [7, 11) is 1.87. The van der Waals surface area contributed by atoms with E-state index < -0.39 is 0 Å². The van der Waals surface area contributed by atoms with Crippen molar-refractivity contribution < 1.29 is 9.59 Å². The zero-order valence-electron chi connectivity index (χ0n) is 14.1. The average Bonchev–Trinajstić information content (AvgIpc) is 3.23. The number of hydrogen-bond acceptors (Lipinski definition) is 5. The zero-order chi connectivity index (χ0) is 17.4. The molecule has 2 atom stereocenters. The SMILES string of the molecule is CN1C(=O)C[C@@H]2CN(C(=O)c3ccc(Cn4cnnn4)cc3)CC[C@@H]21. The van der Waals surface area contributed by atoms with Crippen molar-refractivity contribution in [2.24, 2.45) is 5.92 Å². The van der Waals surface area contributed by atoms with Crippen LogP contribution in [-0.2, 0) is 11.3 Å². The summed E-state index contributed by atoms with van der Waals surface area (Å²) in [5.41, 5.74) is 1.71. The smallest absolute Gasteiger partial charge is 0.253 e. The van der Waals surface area contributed by atoms with Gasteiger partial charge in [-0.05, 0) is 34.5 Å². The number of amides is 2. The second-order valence-corrected chi connectivity index (χ2v) is 6.78. The van der Waals surface area contributed by atoms with Gasteiger partial charge >= 0.3 is 0 Å². The van der Waals surface area contributed by atoms with E-state index in [2.05, 4.69) is 15.5 Å². The molecule has 1 aromatic heterocycles. The van der Waals surface area contributed by atoms with Gasteiger partial charge in [-0.15, -0.1) is 5.10 Å². The van der Waals surface area contributed by atoms with E-state index in [4.69, 9.17) is 0 Å². The third kappa shape index (κ3) is 2.99. The largest absolute Gasteiger partial charge is 0.342 e. The first-order valence-corrected chi connectivity index (χ1v) is 8.46. The van der Waals surface area contributed by atoms with Crippen molar-refractivity contribution in [1.29, 1.82) is 0 Å². The van der Waals surface area contributed by atoms with E-state index in [9.17, 15) is 9.59 Å². The normalized spacial score (nSPS) is 23.0. The summed E-state index contributed by atoms with van der Waals surface area (Å²) < 4.78 is 1.63. The minimum absolute atomic E-state index is 0.0365. The van der Waals surface area contributed by atoms with Gasteiger partial charge in [0.15, 0.2) is 0 Å². The molecule has 130 valence electrons. The second-order valence-electron chi connectivity index (χ2n) is 6.78. The maximum Gasteiger partial charge on any atom is 0.253 e. The summed E-state index contributed by atoms with van der Waals surface area (Å²) in [6.45, 7) is 1.93. The molecule has 0 saturated carbocycles. The van der Waals surface area contributed by atoms with Crippen LogP contribution in [0.3, 0.4) is 0 Å². The second kappa shape index (κ2) is 6.27. The lowest BCUT2D eigenvalue weighted by Gasteiger charge is -2.36. The summed E-state index contributed by atoms with van der Waals surface area (Å²) in [5, 5.41) is 11.0. The highest BCUT2D eigenvalue weighted by atomic mass is 16.2. The Morgan fingerprint density at radius 2 is 2.08 bits per heavy atom. The lowest BCUT2D eigenvalue weighted by molar-refractivity contribution is -0.127. The van der Waals surface area contributed by atoms with Crippen LogP contribution in [0, 0.1) is 5.92 Å². The molecule has 2 aromatic rings. The number of nitrogens with zero attached hydrogens (tertiary/aromatic N) is 6. The predicted molar refractivity (Wildman–Crippen MR) is 88.5 cm³/mol. The number of fused-ring (bicyclic) bond motifs is 1. The predicted octanol–water partition coefficient (Wildman–Crippen LogP) is 0.414. The molecule has 8 nitrogen and oxygen atoms in total. The van der Waals surface area contributed by atoms with Gasteiger partial charge in [0.1, 0.15) is 6.33 Å². The van der Waals surface area contributed by atoms with Crippen LogP contribution in [0.25, 0.3) is 0 Å². The number of likely N-dealkylation sites (tertiary alicyclic amines) is 2. The maximum absolute atomic E-state index is 12.8. The van der Waals surface area contributed by atoms with E-state index in [0.29, 0.717) is 31.6 Å². The summed E-state index contributed by atoms with van der Waals surface area (Å²) >= 11 is 0. The van der Waals surface area contributed by atoms with Crippen LogP contribution < -0.4 is 0 Å². The summed E-state index contributed by atoms with van der Waals surface area (Å²) in [4.78, 5) is 28.4. The van der Waals surface area contributed by atoms with Gasteiger partial charge in [-0.2, -0.15) is 0 Å². The molecule has 0 spiro atoms. The van der Waals surface area contributed by atoms with Crippen LogP contribution in [0.1, 0.15) is 28.8 Å². The highest BCUT2D eigenvalue weighted by Gasteiger charge is 2.41. The Hall–Kier alpha value is -2.77. The molecule has 8 heteroatoms. The van der Waals surface area contributed by atoms with Crippen molar-refractivity contribution in [3.05, 3.63) is 41.7 Å². The Balaban J connectivity index is 1.42. The minimum atomic E-state index is 0.0365. The molecule has 2 amide bonds. The van der Waals surface area contributed by atoms with E-state index in [-0.39, 0.29) is 23.8 Å². The first-order chi connectivity index (χ1) is 12.1. The molecule has 2 aliphatic rings. The van der Waals surface area contributed by atoms with E-state index in [1.807, 2.05) is 41.1 Å². The number of hydrogen-bond donors (Lipinski definition) is 0. The van der Waals surface area contributed by atoms with Gasteiger partial charge in [0.2, 0.25) is 5.91 Å². The minimum Gasteiger partial charge on any atom is -0.342 e. The number of carbonyl (C=O) groups is 2. The van der Waals surface area contributed by atoms with E-state index in [0.717, 1.165) is 12.0 Å². The van der Waals surface area contributed by atoms with Crippen molar-refractivity contribution in [2.45, 2.75) is 25.4 Å². The fourth-order valence-corrected chi connectivity index (χ4v) is 3.84. The summed E-state index contributed by atoms with van der Waals surface area (Å²) in [6, 6.07) is 7.83. The van der Waals surface area contributed by atoms with Crippen LogP contribution >= 0.6 is 0 Å². The Kier molecular flexibility index (Phi) is 3.95. The average molecular weight is 340 g/mol. The summed E-state index contributed by atoms with van der Waals surface area (Å²) in [6.07, 6.45) is 2.97. The number of carbonyl (C=O) groups excluding carboxylic acids is 2. The maximum atomic E-state index is 12.8. The molecule has 1 aromatic carbocycles. The first-order valence-electron chi connectivity index (χ1n) is 8.46. The van der Waals surface area contributed by atoms with Gasteiger partial charge in [-0.25, -0.2) is 4.68 Å². The molecule has 0 radical (unpaired) electrons. The van der Waals surface area contributed by atoms with Gasteiger partial charge in [0.05, 0.1) is 6.54 Å². The number of benzene rings is 1. The third-order valence-corrected chi connectivity index (χ3v) is 5.25. The van der Waals surface area contributed by atoms with Crippen molar-refractivity contribution in [2.75, 3.05) is 20.1 Å². The van der Waals surface area contributed by atoms with Crippen molar-refractivity contribution in [3.8, 4) is 0 Å². The molecule has 2 saturated heterocycles. The molecule has 2 aliphatic heterocycles. The number of aromatic nitrogens is 4. The van der Waals surface area contributed by atoms with Gasteiger partial charge in [0, 0.05) is 44.1 Å². The number of tetrazole rings is 1. The van der Waals surface area contributed by atoms with Crippen LogP contribution in [0.2, 0.25) is 0 Å². The topological polar surface area (TPSA) is 84.2 Å². The molecule has 3 heterocycles. The van der Waals surface area contributed by atoms with Crippen LogP contribution in [0.15, 0.2) is 30.6 Å². The highest BCUT2D eigenvalue weighted by molar-refractivity contribution is 5.94. The molecule has 0 bridgehead atoms. The molecule has 25 heavy (non-hydrogen) atoms. The van der Waals surface area contributed by atoms with Gasteiger partial charge < -0.3 is 9.80 Å². The monoisotopic (exact) mass is 340 g/mol. The zero-order valence-corrected chi connectivity index (χ0v) is 14.1. The fraction of sp³-hybridized carbons (Fsp3) is 0.471. The fourth-order valence-electron chi connectivity index (χ4n) is 3.84. The van der Waals surface area contributed by atoms with Crippen molar-refractivity contribution in [1.82, 2.24) is 30.0 Å². The van der Waals surface area contributed by atoms with Gasteiger partial charge in [-0.3, -0.25) is 9.59 Å². The molecule has 2 fully saturated rings. The Bertz CT molecular complexity index is 773. The molecule has 0 unspecified atom stereocenters. The molecule has 0 aliphatic carbocycles. The van der Waals surface area contributed by atoms with Gasteiger partial charge in [-0.1, -0.05) is 12.1 Å². The number of piperidine rings is 1. The van der Waals surface area contributed by atoms with Crippen molar-refractivity contribution in [3.63, 3.8) is 0 Å². The Morgan fingerprint density at radius 3 is 2.80 bits per heavy atom. The molecular formula is C17H20N6O2. The summed E-state index contributed by atoms with van der Waals surface area (Å²) in [5.74, 6) is 0.486. The first kappa shape index (κ1) is 15.7. The quantitative estimate of drug-likeness (QED) is 0.808. The standard InChI is InChI=1S/C17H20N6O2/c1-21-15-6-7-22(10-14(15)8-16(21)24)17(25)13-4-2-12(3-5-13)9-23-11-18-19-20-23/h2-5,11,14-15H,6-10H2,1H3/t14-,15+/m1/s1. The van der Waals surface area contributed by atoms with Crippen LogP contribution in [0.5, 0.6) is 0 Å². The van der Waals surface area contributed by atoms with Gasteiger partial charge in [0.25, 0.3) is 5.91 Å². The van der Waals surface area contributed by atoms with E-state index in [1.54, 1.807) is 11.0 Å². The third-order valence-electron chi connectivity index (χ3n) is 5.25. The Morgan fingerprint density at radius 1 is 1.28 bits per heavy atom. The molecule has 0 N–H and O–H groups in total. The molecule has 4 rings (SSSR count). The molecular weight excluding hydrogens is 320 g/mol. The van der Waals surface area contributed by atoms with Crippen molar-refractivity contribution >= 4 is 11.8 Å². The lowest BCUT2D eigenvalue weighted by Crippen LogP contribution is -2.47. The Labute approximate surface area is 145 Å². The van der Waals surface area contributed by atoms with E-state index >= 15 is 0 Å². The van der Waals surface area contributed by atoms with Crippen LogP contribution in [-0.4, -0.2) is 68.0 Å².